The topological polar surface area (TPSA) is 90.5 Å². The van der Waals surface area contributed by atoms with E-state index in [-0.39, 0.29) is 36.2 Å². The van der Waals surface area contributed by atoms with Crippen LogP contribution in [0, 0.1) is 5.92 Å². The summed E-state index contributed by atoms with van der Waals surface area (Å²) in [6, 6.07) is 5.34. The van der Waals surface area contributed by atoms with Gasteiger partial charge in [-0.25, -0.2) is 4.79 Å². The van der Waals surface area contributed by atoms with Crippen molar-refractivity contribution < 1.29 is 14.4 Å². The summed E-state index contributed by atoms with van der Waals surface area (Å²) in [4.78, 5) is 37.4. The quantitative estimate of drug-likeness (QED) is 0.790. The number of rotatable bonds is 3. The Morgan fingerprint density at radius 3 is 2.92 bits per heavy atom. The summed E-state index contributed by atoms with van der Waals surface area (Å²) >= 11 is 0. The second-order valence-corrected chi connectivity index (χ2v) is 6.46. The van der Waals surface area contributed by atoms with Crippen molar-refractivity contribution in [2.75, 3.05) is 17.7 Å². The Morgan fingerprint density at radius 1 is 1.38 bits per heavy atom. The second-order valence-electron chi connectivity index (χ2n) is 6.46. The van der Waals surface area contributed by atoms with E-state index in [1.54, 1.807) is 24.1 Å². The second kappa shape index (κ2) is 6.51. The Bertz CT molecular complexity index is 688. The van der Waals surface area contributed by atoms with Crippen molar-refractivity contribution in [3.8, 4) is 0 Å². The highest BCUT2D eigenvalue weighted by Gasteiger charge is 2.30. The van der Waals surface area contributed by atoms with Gasteiger partial charge in [0.2, 0.25) is 11.8 Å². The molecule has 4 amide bonds. The molecule has 2 unspecified atom stereocenters. The first kappa shape index (κ1) is 16.3. The molecule has 1 fully saturated rings. The molecule has 7 heteroatoms. The number of nitrogens with zero attached hydrogens (tertiary/aromatic N) is 1. The molecule has 1 saturated heterocycles. The van der Waals surface area contributed by atoms with Crippen LogP contribution < -0.4 is 16.0 Å². The summed E-state index contributed by atoms with van der Waals surface area (Å²) in [6.45, 7) is 2.49. The first-order chi connectivity index (χ1) is 11.5. The van der Waals surface area contributed by atoms with Gasteiger partial charge in [0.05, 0.1) is 0 Å². The summed E-state index contributed by atoms with van der Waals surface area (Å²) in [5, 5.41) is 8.60. The summed E-state index contributed by atoms with van der Waals surface area (Å²) in [6.07, 6.45) is 1.71. The van der Waals surface area contributed by atoms with E-state index in [0.29, 0.717) is 18.7 Å². The van der Waals surface area contributed by atoms with Crippen LogP contribution in [0.2, 0.25) is 0 Å². The van der Waals surface area contributed by atoms with Gasteiger partial charge in [0, 0.05) is 43.3 Å². The third-order valence-electron chi connectivity index (χ3n) is 4.60. The number of urea groups is 1. The minimum Gasteiger partial charge on any atom is -0.353 e. The van der Waals surface area contributed by atoms with Crippen molar-refractivity contribution in [2.24, 2.45) is 5.92 Å². The Balaban J connectivity index is 1.70. The molecule has 0 aromatic heterocycles. The van der Waals surface area contributed by atoms with Crippen molar-refractivity contribution in [3.05, 3.63) is 23.8 Å². The van der Waals surface area contributed by atoms with E-state index in [1.165, 1.54) is 0 Å². The molecule has 3 rings (SSSR count). The molecule has 0 spiro atoms. The number of hydrogen-bond donors (Lipinski definition) is 3. The van der Waals surface area contributed by atoms with Crippen molar-refractivity contribution in [3.63, 3.8) is 0 Å². The van der Waals surface area contributed by atoms with Crippen LogP contribution in [0.15, 0.2) is 18.2 Å². The highest BCUT2D eigenvalue weighted by Crippen LogP contribution is 2.27. The van der Waals surface area contributed by atoms with Crippen molar-refractivity contribution >= 4 is 29.2 Å². The van der Waals surface area contributed by atoms with Crippen LogP contribution in [0.4, 0.5) is 16.2 Å². The maximum absolute atomic E-state index is 12.5. The summed E-state index contributed by atoms with van der Waals surface area (Å²) in [5.41, 5.74) is 2.39. The van der Waals surface area contributed by atoms with Crippen LogP contribution in [-0.4, -0.2) is 35.8 Å². The lowest BCUT2D eigenvalue weighted by Gasteiger charge is -2.29. The third kappa shape index (κ3) is 3.34. The van der Waals surface area contributed by atoms with Crippen LogP contribution in [-0.2, 0) is 16.1 Å². The first-order valence-corrected chi connectivity index (χ1v) is 8.21. The number of fused-ring (bicyclic) bond motifs is 1. The minimum absolute atomic E-state index is 0.0643. The molecule has 7 nitrogen and oxygen atoms in total. The first-order valence-electron chi connectivity index (χ1n) is 8.21. The normalized spacial score (nSPS) is 23.2. The number of amides is 4. The fraction of sp³-hybridized carbons (Fsp3) is 0.471. The molecule has 1 aromatic rings. The van der Waals surface area contributed by atoms with Gasteiger partial charge >= 0.3 is 6.03 Å². The molecule has 1 aromatic carbocycles. The number of piperidine rings is 1. The molecular formula is C17H22N4O3. The largest absolute Gasteiger partial charge is 0.353 e. The van der Waals surface area contributed by atoms with E-state index in [9.17, 15) is 14.4 Å². The van der Waals surface area contributed by atoms with E-state index in [1.807, 2.05) is 13.0 Å². The molecule has 0 saturated carbocycles. The van der Waals surface area contributed by atoms with E-state index < -0.39 is 0 Å². The van der Waals surface area contributed by atoms with Gasteiger partial charge in [-0.15, -0.1) is 0 Å². The van der Waals surface area contributed by atoms with E-state index in [0.717, 1.165) is 17.7 Å². The number of carbonyl (C=O) groups is 3. The van der Waals surface area contributed by atoms with Crippen molar-refractivity contribution in [1.82, 2.24) is 10.2 Å². The number of nitrogens with one attached hydrogen (secondary N) is 3. The smallest absolute Gasteiger partial charge is 0.321 e. The van der Waals surface area contributed by atoms with Gasteiger partial charge < -0.3 is 20.9 Å². The van der Waals surface area contributed by atoms with Crippen molar-refractivity contribution in [2.45, 2.75) is 38.8 Å². The van der Waals surface area contributed by atoms with E-state index in [4.69, 9.17) is 0 Å². The van der Waals surface area contributed by atoms with Crippen LogP contribution in [0.5, 0.6) is 0 Å². The molecule has 2 heterocycles. The van der Waals surface area contributed by atoms with Gasteiger partial charge in [-0.2, -0.15) is 0 Å². The number of carbonyl (C=O) groups excluding carboxylic acids is 3. The fourth-order valence-corrected chi connectivity index (χ4v) is 3.17. The molecule has 2 atom stereocenters. The summed E-state index contributed by atoms with van der Waals surface area (Å²) < 4.78 is 0. The molecule has 2 aliphatic rings. The highest BCUT2D eigenvalue weighted by atomic mass is 16.2. The highest BCUT2D eigenvalue weighted by molar-refractivity contribution is 5.97. The van der Waals surface area contributed by atoms with Gasteiger partial charge in [-0.05, 0) is 36.6 Å². The average molecular weight is 330 g/mol. The van der Waals surface area contributed by atoms with Crippen LogP contribution in [0.3, 0.4) is 0 Å². The monoisotopic (exact) mass is 330 g/mol. The van der Waals surface area contributed by atoms with Crippen LogP contribution in [0.25, 0.3) is 0 Å². The van der Waals surface area contributed by atoms with Gasteiger partial charge in [-0.1, -0.05) is 6.92 Å². The van der Waals surface area contributed by atoms with Gasteiger partial charge in [-0.3, -0.25) is 9.59 Å². The Labute approximate surface area is 140 Å². The molecule has 0 bridgehead atoms. The lowest BCUT2D eigenvalue weighted by Crippen LogP contribution is -2.45. The maximum Gasteiger partial charge on any atom is 0.321 e. The van der Waals surface area contributed by atoms with Crippen LogP contribution >= 0.6 is 0 Å². The minimum atomic E-state index is -0.304. The summed E-state index contributed by atoms with van der Waals surface area (Å²) in [7, 11) is 1.72. The molecule has 2 aliphatic heterocycles. The predicted octanol–water partition coefficient (Wildman–Crippen LogP) is 1.91. The fourth-order valence-electron chi connectivity index (χ4n) is 3.17. The van der Waals surface area contributed by atoms with Crippen molar-refractivity contribution in [1.29, 1.82) is 0 Å². The third-order valence-corrected chi connectivity index (χ3v) is 4.60. The Kier molecular flexibility index (Phi) is 4.42. The predicted molar refractivity (Wildman–Crippen MR) is 90.5 cm³/mol. The molecule has 24 heavy (non-hydrogen) atoms. The summed E-state index contributed by atoms with van der Waals surface area (Å²) in [5.74, 6) is -0.499. The molecular weight excluding hydrogens is 308 g/mol. The Morgan fingerprint density at radius 2 is 2.17 bits per heavy atom. The van der Waals surface area contributed by atoms with E-state index in [2.05, 4.69) is 16.0 Å². The molecule has 128 valence electrons. The van der Waals surface area contributed by atoms with Gasteiger partial charge in [0.1, 0.15) is 0 Å². The number of anilines is 2. The lowest BCUT2D eigenvalue weighted by atomic mass is 9.90. The van der Waals surface area contributed by atoms with Gasteiger partial charge in [0.15, 0.2) is 0 Å². The molecule has 3 N–H and O–H groups in total. The number of hydrogen-bond acceptors (Lipinski definition) is 3. The van der Waals surface area contributed by atoms with Crippen LogP contribution in [0.1, 0.15) is 31.7 Å². The maximum atomic E-state index is 12.5. The zero-order valence-electron chi connectivity index (χ0n) is 13.9. The lowest BCUT2D eigenvalue weighted by molar-refractivity contribution is -0.130. The molecule has 0 aliphatic carbocycles. The SMILES string of the molecule is CCC1CC(C(=O)Nc2ccc3c(c2)CN(C)C(=O)N3)CC(=O)N1. The zero-order chi connectivity index (χ0) is 17.3. The number of benzene rings is 1. The van der Waals surface area contributed by atoms with Gasteiger partial charge in [0.25, 0.3) is 0 Å². The van der Waals surface area contributed by atoms with E-state index >= 15 is 0 Å². The average Bonchev–Trinajstić information content (AvgIpc) is 2.55. The standard InChI is InChI=1S/C17H22N4O3/c1-3-12-6-10(8-15(22)18-12)16(23)19-13-4-5-14-11(7-13)9-21(2)17(24)20-14/h4-5,7,10,12H,3,6,8-9H2,1-2H3,(H,18,22)(H,19,23)(H,20,24). The zero-order valence-corrected chi connectivity index (χ0v) is 13.9. The Hall–Kier alpha value is -2.57. The molecule has 0 radical (unpaired) electrons.